The summed E-state index contributed by atoms with van der Waals surface area (Å²) >= 11 is 0. The maximum absolute atomic E-state index is 12.4. The van der Waals surface area contributed by atoms with Crippen LogP contribution in [0, 0.1) is 19.8 Å². The van der Waals surface area contributed by atoms with Crippen molar-refractivity contribution < 1.29 is 9.32 Å². The van der Waals surface area contributed by atoms with Gasteiger partial charge in [0.15, 0.2) is 0 Å². The van der Waals surface area contributed by atoms with Gasteiger partial charge in [-0.3, -0.25) is 4.79 Å². The molecule has 3 aromatic rings. The largest absolute Gasteiger partial charge is 0.361 e. The van der Waals surface area contributed by atoms with Gasteiger partial charge in [-0.05, 0) is 45.1 Å². The summed E-state index contributed by atoms with van der Waals surface area (Å²) in [6, 6.07) is 2.03. The summed E-state index contributed by atoms with van der Waals surface area (Å²) in [7, 11) is 0. The Morgan fingerprint density at radius 3 is 2.75 bits per heavy atom. The van der Waals surface area contributed by atoms with Crippen molar-refractivity contribution in [1.82, 2.24) is 29.6 Å². The number of likely N-dealkylation sites (tertiary alicyclic amines) is 1. The zero-order valence-electron chi connectivity index (χ0n) is 16.2. The van der Waals surface area contributed by atoms with Gasteiger partial charge in [0.05, 0.1) is 23.3 Å². The molecule has 1 fully saturated rings. The van der Waals surface area contributed by atoms with E-state index in [1.165, 1.54) is 0 Å². The molecule has 3 aromatic heterocycles. The van der Waals surface area contributed by atoms with Crippen molar-refractivity contribution in [2.24, 2.45) is 5.92 Å². The molecule has 1 aliphatic rings. The van der Waals surface area contributed by atoms with Crippen LogP contribution in [0.5, 0.6) is 0 Å². The SMILES string of the molecule is Cc1noc(C)c1-c1cc(CC2CCN(C(=O)Cn3ccnc3)CC2)ncn1. The molecular weight excluding hydrogens is 356 g/mol. The van der Waals surface area contributed by atoms with Gasteiger partial charge in [0.2, 0.25) is 5.91 Å². The van der Waals surface area contributed by atoms with Gasteiger partial charge in [-0.1, -0.05) is 5.16 Å². The lowest BCUT2D eigenvalue weighted by atomic mass is 9.91. The van der Waals surface area contributed by atoms with E-state index in [0.29, 0.717) is 12.5 Å². The first-order chi connectivity index (χ1) is 13.6. The van der Waals surface area contributed by atoms with Gasteiger partial charge >= 0.3 is 0 Å². The van der Waals surface area contributed by atoms with Gasteiger partial charge in [-0.25, -0.2) is 15.0 Å². The average molecular weight is 380 g/mol. The van der Waals surface area contributed by atoms with E-state index in [4.69, 9.17) is 4.52 Å². The number of aromatic nitrogens is 5. The van der Waals surface area contributed by atoms with E-state index in [-0.39, 0.29) is 5.91 Å². The molecule has 0 unspecified atom stereocenters. The Labute approximate surface area is 163 Å². The van der Waals surface area contributed by atoms with Crippen molar-refractivity contribution in [2.75, 3.05) is 13.1 Å². The van der Waals surface area contributed by atoms with Crippen molar-refractivity contribution >= 4 is 5.91 Å². The molecule has 0 radical (unpaired) electrons. The van der Waals surface area contributed by atoms with Crippen LogP contribution in [0.1, 0.15) is 30.0 Å². The minimum absolute atomic E-state index is 0.152. The predicted molar refractivity (Wildman–Crippen MR) is 102 cm³/mol. The van der Waals surface area contributed by atoms with E-state index in [0.717, 1.165) is 60.8 Å². The summed E-state index contributed by atoms with van der Waals surface area (Å²) in [6.07, 6.45) is 9.66. The van der Waals surface area contributed by atoms with Crippen LogP contribution < -0.4 is 0 Å². The fourth-order valence-corrected chi connectivity index (χ4v) is 3.81. The summed E-state index contributed by atoms with van der Waals surface area (Å²) in [4.78, 5) is 27.2. The lowest BCUT2D eigenvalue weighted by molar-refractivity contribution is -0.133. The first-order valence-electron chi connectivity index (χ1n) is 9.58. The Kier molecular flexibility index (Phi) is 5.18. The van der Waals surface area contributed by atoms with E-state index in [2.05, 4.69) is 20.1 Å². The number of hydrogen-bond donors (Lipinski definition) is 0. The van der Waals surface area contributed by atoms with E-state index in [1.54, 1.807) is 18.9 Å². The zero-order valence-corrected chi connectivity index (χ0v) is 16.2. The lowest BCUT2D eigenvalue weighted by Crippen LogP contribution is -2.40. The molecule has 8 nitrogen and oxygen atoms in total. The number of imidazole rings is 1. The number of carbonyl (C=O) groups excluding carboxylic acids is 1. The average Bonchev–Trinajstić information content (AvgIpc) is 3.32. The number of amides is 1. The monoisotopic (exact) mass is 380 g/mol. The van der Waals surface area contributed by atoms with Crippen molar-refractivity contribution in [3.63, 3.8) is 0 Å². The van der Waals surface area contributed by atoms with Gasteiger partial charge in [-0.15, -0.1) is 0 Å². The van der Waals surface area contributed by atoms with Crippen LogP contribution in [0.25, 0.3) is 11.3 Å². The smallest absolute Gasteiger partial charge is 0.242 e. The quantitative estimate of drug-likeness (QED) is 0.675. The third-order valence-electron chi connectivity index (χ3n) is 5.36. The molecule has 1 saturated heterocycles. The summed E-state index contributed by atoms with van der Waals surface area (Å²) in [5.74, 6) is 1.44. The first-order valence-corrected chi connectivity index (χ1v) is 9.58. The molecule has 0 atom stereocenters. The van der Waals surface area contributed by atoms with Crippen LogP contribution in [0.4, 0.5) is 0 Å². The standard InChI is InChI=1S/C20H24N6O2/c1-14-20(15(2)28-24-14)18-10-17(22-12-23-18)9-16-3-6-26(7-4-16)19(27)11-25-8-5-21-13-25/h5,8,10,12-13,16H,3-4,6-7,9,11H2,1-2H3. The highest BCUT2D eigenvalue weighted by Crippen LogP contribution is 2.27. The van der Waals surface area contributed by atoms with Gasteiger partial charge in [0, 0.05) is 31.2 Å². The number of rotatable bonds is 5. The minimum Gasteiger partial charge on any atom is -0.361 e. The van der Waals surface area contributed by atoms with Crippen molar-refractivity contribution in [2.45, 2.75) is 39.7 Å². The molecule has 4 rings (SSSR count). The fraction of sp³-hybridized carbons (Fsp3) is 0.450. The molecule has 0 N–H and O–H groups in total. The third kappa shape index (κ3) is 3.95. The Morgan fingerprint density at radius 2 is 2.07 bits per heavy atom. The molecule has 1 aliphatic heterocycles. The number of aryl methyl sites for hydroxylation is 2. The van der Waals surface area contributed by atoms with Gasteiger partial charge in [0.25, 0.3) is 0 Å². The zero-order chi connectivity index (χ0) is 19.5. The van der Waals surface area contributed by atoms with Gasteiger partial charge < -0.3 is 14.0 Å². The summed E-state index contributed by atoms with van der Waals surface area (Å²) in [5.41, 5.74) is 3.66. The van der Waals surface area contributed by atoms with Crippen LogP contribution in [0.15, 0.2) is 35.6 Å². The Hall–Kier alpha value is -3.03. The highest BCUT2D eigenvalue weighted by Gasteiger charge is 2.24. The van der Waals surface area contributed by atoms with Crippen molar-refractivity contribution in [3.8, 4) is 11.3 Å². The van der Waals surface area contributed by atoms with E-state index >= 15 is 0 Å². The molecule has 146 valence electrons. The highest BCUT2D eigenvalue weighted by molar-refractivity contribution is 5.76. The maximum Gasteiger partial charge on any atom is 0.242 e. The normalized spacial score (nSPS) is 15.1. The second-order valence-electron chi connectivity index (χ2n) is 7.36. The second-order valence-corrected chi connectivity index (χ2v) is 7.36. The van der Waals surface area contributed by atoms with E-state index < -0.39 is 0 Å². The predicted octanol–water partition coefficient (Wildman–Crippen LogP) is 2.43. The molecular formula is C20H24N6O2. The van der Waals surface area contributed by atoms with Crippen LogP contribution >= 0.6 is 0 Å². The molecule has 0 bridgehead atoms. The van der Waals surface area contributed by atoms with Crippen LogP contribution in [0.3, 0.4) is 0 Å². The van der Waals surface area contributed by atoms with Gasteiger partial charge in [-0.2, -0.15) is 0 Å². The molecule has 8 heteroatoms. The second kappa shape index (κ2) is 7.92. The fourth-order valence-electron chi connectivity index (χ4n) is 3.81. The van der Waals surface area contributed by atoms with Crippen LogP contribution in [-0.4, -0.2) is 48.6 Å². The molecule has 0 spiro atoms. The summed E-state index contributed by atoms with van der Waals surface area (Å²) in [6.45, 7) is 5.76. The third-order valence-corrected chi connectivity index (χ3v) is 5.36. The first kappa shape index (κ1) is 18.3. The highest BCUT2D eigenvalue weighted by atomic mass is 16.5. The van der Waals surface area contributed by atoms with Crippen molar-refractivity contribution in [3.05, 3.63) is 48.3 Å². The molecule has 0 aliphatic carbocycles. The summed E-state index contributed by atoms with van der Waals surface area (Å²) in [5, 5.41) is 4.01. The molecule has 1 amide bonds. The number of carbonyl (C=O) groups is 1. The minimum atomic E-state index is 0.152. The Morgan fingerprint density at radius 1 is 1.25 bits per heavy atom. The Bertz CT molecular complexity index is 922. The maximum atomic E-state index is 12.4. The molecule has 28 heavy (non-hydrogen) atoms. The molecule has 0 saturated carbocycles. The number of nitrogens with zero attached hydrogens (tertiary/aromatic N) is 6. The van der Waals surface area contributed by atoms with Gasteiger partial charge in [0.1, 0.15) is 18.6 Å². The lowest BCUT2D eigenvalue weighted by Gasteiger charge is -2.32. The summed E-state index contributed by atoms with van der Waals surface area (Å²) < 4.78 is 7.07. The van der Waals surface area contributed by atoms with E-state index in [1.807, 2.05) is 35.6 Å². The van der Waals surface area contributed by atoms with Crippen LogP contribution in [0.2, 0.25) is 0 Å². The number of piperidine rings is 1. The van der Waals surface area contributed by atoms with Crippen LogP contribution in [-0.2, 0) is 17.8 Å². The van der Waals surface area contributed by atoms with Crippen molar-refractivity contribution in [1.29, 1.82) is 0 Å². The number of hydrogen-bond acceptors (Lipinski definition) is 6. The molecule has 0 aromatic carbocycles. The topological polar surface area (TPSA) is 89.9 Å². The Balaban J connectivity index is 1.35. The van der Waals surface area contributed by atoms with E-state index in [9.17, 15) is 4.79 Å². The molecule has 4 heterocycles.